The van der Waals surface area contributed by atoms with E-state index < -0.39 is 10.0 Å². The maximum absolute atomic E-state index is 12.5. The molecule has 0 fully saturated rings. The van der Waals surface area contributed by atoms with Crippen molar-refractivity contribution in [1.82, 2.24) is 10.3 Å². The van der Waals surface area contributed by atoms with E-state index in [1.807, 2.05) is 20.9 Å². The monoisotopic (exact) mass is 325 g/mol. The molecule has 0 saturated carbocycles. The Morgan fingerprint density at radius 3 is 2.57 bits per heavy atom. The van der Waals surface area contributed by atoms with Crippen LogP contribution in [0.4, 0.5) is 5.69 Å². The van der Waals surface area contributed by atoms with Gasteiger partial charge in [0.05, 0.1) is 11.4 Å². The second kappa shape index (κ2) is 6.13. The molecule has 21 heavy (non-hydrogen) atoms. The molecule has 0 bridgehead atoms. The smallest absolute Gasteiger partial charge is 0.271 e. The van der Waals surface area contributed by atoms with Gasteiger partial charge in [0.15, 0.2) is 0 Å². The summed E-state index contributed by atoms with van der Waals surface area (Å²) in [6.07, 6.45) is 0. The first-order valence-electron chi connectivity index (χ1n) is 6.54. The number of sulfonamides is 1. The highest BCUT2D eigenvalue weighted by Crippen LogP contribution is 2.28. The quantitative estimate of drug-likeness (QED) is 0.886. The van der Waals surface area contributed by atoms with Gasteiger partial charge >= 0.3 is 0 Å². The van der Waals surface area contributed by atoms with E-state index in [4.69, 9.17) is 0 Å². The average Bonchev–Trinajstić information content (AvgIpc) is 2.76. The molecule has 0 aromatic carbocycles. The number of thiophene rings is 1. The summed E-state index contributed by atoms with van der Waals surface area (Å²) in [4.78, 5) is 5.29. The number of hydrogen-bond acceptors (Lipinski definition) is 5. The number of rotatable bonds is 5. The van der Waals surface area contributed by atoms with Gasteiger partial charge in [0, 0.05) is 17.1 Å². The van der Waals surface area contributed by atoms with Crippen molar-refractivity contribution in [3.8, 4) is 0 Å². The lowest BCUT2D eigenvalue weighted by Gasteiger charge is -2.09. The molecule has 114 valence electrons. The number of hydrogen-bond donors (Lipinski definition) is 2. The number of nitrogens with one attached hydrogen (secondary N) is 2. The Morgan fingerprint density at radius 1 is 1.24 bits per heavy atom. The van der Waals surface area contributed by atoms with Crippen molar-refractivity contribution in [3.63, 3.8) is 0 Å². The molecule has 0 amide bonds. The van der Waals surface area contributed by atoms with Crippen LogP contribution >= 0.6 is 11.3 Å². The average molecular weight is 325 g/mol. The van der Waals surface area contributed by atoms with Gasteiger partial charge in [-0.3, -0.25) is 9.71 Å². The molecule has 0 radical (unpaired) electrons. The molecule has 2 rings (SSSR count). The minimum absolute atomic E-state index is 0.324. The van der Waals surface area contributed by atoms with Gasteiger partial charge in [-0.2, -0.15) is 0 Å². The van der Waals surface area contributed by atoms with Gasteiger partial charge in [-0.15, -0.1) is 11.3 Å². The lowest BCUT2D eigenvalue weighted by molar-refractivity contribution is 0.603. The summed E-state index contributed by atoms with van der Waals surface area (Å²) in [6, 6.07) is 5.23. The van der Waals surface area contributed by atoms with E-state index in [1.165, 1.54) is 11.3 Å². The van der Waals surface area contributed by atoms with Crippen LogP contribution in [0, 0.1) is 20.8 Å². The summed E-state index contributed by atoms with van der Waals surface area (Å²) >= 11 is 1.29. The van der Waals surface area contributed by atoms with Gasteiger partial charge in [0.1, 0.15) is 4.21 Å². The first-order valence-corrected chi connectivity index (χ1v) is 8.84. The van der Waals surface area contributed by atoms with E-state index in [-0.39, 0.29) is 0 Å². The molecule has 0 unspecified atom stereocenters. The Kier molecular flexibility index (Phi) is 4.65. The summed E-state index contributed by atoms with van der Waals surface area (Å²) in [5.74, 6) is 0. The summed E-state index contributed by atoms with van der Waals surface area (Å²) in [7, 11) is -1.73. The zero-order valence-electron chi connectivity index (χ0n) is 12.5. The molecule has 0 aliphatic rings. The van der Waals surface area contributed by atoms with Crippen LogP contribution in [0.5, 0.6) is 0 Å². The Hall–Kier alpha value is -1.44. The molecule has 0 atom stereocenters. The second-order valence-electron chi connectivity index (χ2n) is 4.89. The predicted molar refractivity (Wildman–Crippen MR) is 86.3 cm³/mol. The van der Waals surface area contributed by atoms with Crippen LogP contribution < -0.4 is 10.0 Å². The molecule has 7 heteroatoms. The van der Waals surface area contributed by atoms with E-state index in [0.717, 1.165) is 16.1 Å². The molecule has 2 N–H and O–H groups in total. The van der Waals surface area contributed by atoms with E-state index in [9.17, 15) is 8.42 Å². The standard InChI is InChI=1S/C14H19N3O2S2/c1-9-7-14(20-13(9)8-15-4)21(18,19)17-12-6-5-10(2)16-11(12)3/h5-7,15,17H,8H2,1-4H3. The summed E-state index contributed by atoms with van der Waals surface area (Å²) in [5.41, 5.74) is 3.02. The van der Waals surface area contributed by atoms with E-state index in [1.54, 1.807) is 25.1 Å². The highest BCUT2D eigenvalue weighted by molar-refractivity contribution is 7.94. The number of aromatic nitrogens is 1. The molecule has 5 nitrogen and oxygen atoms in total. The molecule has 0 aliphatic carbocycles. The van der Waals surface area contributed by atoms with Gasteiger partial charge in [-0.1, -0.05) is 0 Å². The van der Waals surface area contributed by atoms with Crippen LogP contribution in [0.15, 0.2) is 22.4 Å². The molecule has 2 aromatic rings. The summed E-state index contributed by atoms with van der Waals surface area (Å²) in [5, 5.41) is 3.04. The first kappa shape index (κ1) is 15.9. The summed E-state index contributed by atoms with van der Waals surface area (Å²) in [6.45, 7) is 6.24. The van der Waals surface area contributed by atoms with Crippen molar-refractivity contribution in [1.29, 1.82) is 0 Å². The molecular weight excluding hydrogens is 306 g/mol. The van der Waals surface area contributed by atoms with E-state index >= 15 is 0 Å². The van der Waals surface area contributed by atoms with Crippen molar-refractivity contribution in [3.05, 3.63) is 40.0 Å². The lowest BCUT2D eigenvalue weighted by Crippen LogP contribution is -2.13. The van der Waals surface area contributed by atoms with E-state index in [2.05, 4.69) is 15.0 Å². The molecule has 0 saturated heterocycles. The predicted octanol–water partition coefficient (Wildman–Crippen LogP) is 2.59. The van der Waals surface area contributed by atoms with Gasteiger partial charge in [-0.25, -0.2) is 8.42 Å². The fraction of sp³-hybridized carbons (Fsp3) is 0.357. The third kappa shape index (κ3) is 3.61. The first-order chi connectivity index (χ1) is 9.83. The van der Waals surface area contributed by atoms with Crippen LogP contribution in [-0.2, 0) is 16.6 Å². The molecule has 2 heterocycles. The fourth-order valence-corrected chi connectivity index (χ4v) is 4.66. The van der Waals surface area contributed by atoms with Crippen molar-refractivity contribution in [2.45, 2.75) is 31.5 Å². The number of aryl methyl sites for hydroxylation is 3. The molecule has 0 spiro atoms. The normalized spacial score (nSPS) is 11.6. The van der Waals surface area contributed by atoms with Crippen LogP contribution in [0.25, 0.3) is 0 Å². The minimum Gasteiger partial charge on any atom is -0.315 e. The fourth-order valence-electron chi connectivity index (χ4n) is 1.95. The SMILES string of the molecule is CNCc1sc(S(=O)(=O)Nc2ccc(C)nc2C)cc1C. The van der Waals surface area contributed by atoms with Crippen molar-refractivity contribution >= 4 is 27.0 Å². The van der Waals surface area contributed by atoms with Gasteiger partial charge in [-0.05, 0) is 51.6 Å². The maximum atomic E-state index is 12.5. The number of anilines is 1. The largest absolute Gasteiger partial charge is 0.315 e. The number of nitrogens with zero attached hydrogens (tertiary/aromatic N) is 1. The topological polar surface area (TPSA) is 71.1 Å². The van der Waals surface area contributed by atoms with E-state index in [0.29, 0.717) is 22.1 Å². The van der Waals surface area contributed by atoms with Crippen molar-refractivity contribution in [2.75, 3.05) is 11.8 Å². The van der Waals surface area contributed by atoms with Crippen LogP contribution in [0.3, 0.4) is 0 Å². The molecule has 2 aromatic heterocycles. The second-order valence-corrected chi connectivity index (χ2v) is 7.94. The highest BCUT2D eigenvalue weighted by Gasteiger charge is 2.19. The zero-order chi connectivity index (χ0) is 15.6. The lowest BCUT2D eigenvalue weighted by atomic mass is 10.3. The van der Waals surface area contributed by atoms with Crippen LogP contribution in [0.1, 0.15) is 21.8 Å². The Morgan fingerprint density at radius 2 is 1.95 bits per heavy atom. The molecular formula is C14H19N3O2S2. The zero-order valence-corrected chi connectivity index (χ0v) is 14.2. The van der Waals surface area contributed by atoms with Gasteiger partial charge < -0.3 is 5.32 Å². The van der Waals surface area contributed by atoms with Crippen LogP contribution in [-0.4, -0.2) is 20.4 Å². The third-order valence-corrected chi connectivity index (χ3v) is 6.15. The Balaban J connectivity index is 2.32. The van der Waals surface area contributed by atoms with Crippen LogP contribution in [0.2, 0.25) is 0 Å². The van der Waals surface area contributed by atoms with Gasteiger partial charge in [0.25, 0.3) is 10.0 Å². The minimum atomic E-state index is -3.57. The highest BCUT2D eigenvalue weighted by atomic mass is 32.2. The Labute approximate surface area is 129 Å². The van der Waals surface area contributed by atoms with Crippen molar-refractivity contribution < 1.29 is 8.42 Å². The maximum Gasteiger partial charge on any atom is 0.271 e. The van der Waals surface area contributed by atoms with Gasteiger partial charge in [0.2, 0.25) is 0 Å². The summed E-state index contributed by atoms with van der Waals surface area (Å²) < 4.78 is 27.9. The molecule has 0 aliphatic heterocycles. The number of pyridine rings is 1. The Bertz CT molecular complexity index is 752. The van der Waals surface area contributed by atoms with Crippen molar-refractivity contribution in [2.24, 2.45) is 0 Å². The third-order valence-electron chi connectivity index (χ3n) is 3.07.